The van der Waals surface area contributed by atoms with Crippen molar-refractivity contribution in [3.8, 4) is 11.8 Å². The number of nitrogens with zero attached hydrogens (tertiary/aromatic N) is 3. The fraction of sp³-hybridized carbons (Fsp3) is 0.136. The molecule has 1 unspecified atom stereocenters. The number of thiazole rings is 2. The molecule has 2 aromatic heterocycles. The molecular weight excluding hydrogens is 446 g/mol. The number of nitriles is 1. The highest BCUT2D eigenvalue weighted by atomic mass is 32.1. The van der Waals surface area contributed by atoms with E-state index in [1.165, 1.54) is 29.8 Å². The first-order chi connectivity index (χ1) is 15.5. The SMILES string of the molecule is COc1ccc(C#N)cc1C(C)C(=O)Nc1ccc2nc(NC(=O)c3cscn3)sc2c1. The summed E-state index contributed by atoms with van der Waals surface area (Å²) < 4.78 is 6.16. The number of carbonyl (C=O) groups is 2. The summed E-state index contributed by atoms with van der Waals surface area (Å²) in [6, 6.07) is 12.4. The van der Waals surface area contributed by atoms with E-state index in [9.17, 15) is 9.59 Å². The lowest BCUT2D eigenvalue weighted by molar-refractivity contribution is -0.117. The Kier molecular flexibility index (Phi) is 6.11. The van der Waals surface area contributed by atoms with Crippen molar-refractivity contribution in [2.24, 2.45) is 0 Å². The summed E-state index contributed by atoms with van der Waals surface area (Å²) in [5.74, 6) is -0.547. The molecule has 8 nitrogen and oxygen atoms in total. The van der Waals surface area contributed by atoms with E-state index in [2.05, 4.69) is 26.7 Å². The van der Waals surface area contributed by atoms with Gasteiger partial charge < -0.3 is 10.1 Å². The molecule has 4 rings (SSSR count). The summed E-state index contributed by atoms with van der Waals surface area (Å²) in [6.45, 7) is 1.76. The number of aromatic nitrogens is 2. The van der Waals surface area contributed by atoms with E-state index < -0.39 is 5.92 Å². The predicted octanol–water partition coefficient (Wildman–Crippen LogP) is 4.63. The van der Waals surface area contributed by atoms with Crippen molar-refractivity contribution in [3.05, 3.63) is 64.1 Å². The van der Waals surface area contributed by atoms with Gasteiger partial charge in [0, 0.05) is 16.6 Å². The summed E-state index contributed by atoms with van der Waals surface area (Å²) in [6.07, 6.45) is 0. The highest BCUT2D eigenvalue weighted by molar-refractivity contribution is 7.22. The molecule has 0 saturated carbocycles. The zero-order valence-electron chi connectivity index (χ0n) is 17.1. The molecule has 4 aromatic rings. The second-order valence-electron chi connectivity index (χ2n) is 6.81. The van der Waals surface area contributed by atoms with Gasteiger partial charge in [-0.3, -0.25) is 14.9 Å². The summed E-state index contributed by atoms with van der Waals surface area (Å²) in [5, 5.41) is 16.9. The van der Waals surface area contributed by atoms with Crippen LogP contribution < -0.4 is 15.4 Å². The number of ether oxygens (including phenoxy) is 1. The van der Waals surface area contributed by atoms with Crippen LogP contribution in [0, 0.1) is 11.3 Å². The van der Waals surface area contributed by atoms with E-state index in [0.29, 0.717) is 38.9 Å². The van der Waals surface area contributed by atoms with Crippen LogP contribution in [0.2, 0.25) is 0 Å². The molecule has 0 aliphatic rings. The van der Waals surface area contributed by atoms with Crippen molar-refractivity contribution < 1.29 is 14.3 Å². The molecule has 0 fully saturated rings. The summed E-state index contributed by atoms with van der Waals surface area (Å²) in [5.41, 5.74) is 4.33. The van der Waals surface area contributed by atoms with Crippen LogP contribution in [0.5, 0.6) is 5.75 Å². The molecule has 160 valence electrons. The first-order valence-corrected chi connectivity index (χ1v) is 11.2. The van der Waals surface area contributed by atoms with Crippen LogP contribution >= 0.6 is 22.7 Å². The molecule has 10 heteroatoms. The van der Waals surface area contributed by atoms with Crippen molar-refractivity contribution in [2.45, 2.75) is 12.8 Å². The van der Waals surface area contributed by atoms with Crippen LogP contribution in [-0.4, -0.2) is 28.9 Å². The molecule has 0 radical (unpaired) electrons. The molecule has 0 aliphatic carbocycles. The van der Waals surface area contributed by atoms with E-state index in [1.54, 1.807) is 54.2 Å². The number of methoxy groups -OCH3 is 1. The van der Waals surface area contributed by atoms with Gasteiger partial charge in [0.25, 0.3) is 5.91 Å². The number of anilines is 2. The zero-order chi connectivity index (χ0) is 22.7. The van der Waals surface area contributed by atoms with Crippen molar-refractivity contribution in [2.75, 3.05) is 17.7 Å². The third kappa shape index (κ3) is 4.44. The van der Waals surface area contributed by atoms with Crippen LogP contribution in [0.1, 0.15) is 34.5 Å². The Labute approximate surface area is 191 Å². The molecule has 1 atom stereocenters. The standard InChI is InChI=1S/C22H17N5O3S2/c1-12(15-7-13(9-23)3-6-18(15)30-2)20(28)25-14-4-5-16-19(8-14)32-22(26-16)27-21(29)17-10-31-11-24-17/h3-8,10-12H,1-2H3,(H,25,28)(H,26,27,29). The van der Waals surface area contributed by atoms with Gasteiger partial charge in [0.15, 0.2) is 5.13 Å². The van der Waals surface area contributed by atoms with Gasteiger partial charge in [-0.15, -0.1) is 11.3 Å². The number of amides is 2. The Bertz CT molecular complexity index is 1340. The zero-order valence-corrected chi connectivity index (χ0v) is 18.7. The third-order valence-electron chi connectivity index (χ3n) is 4.76. The first kappa shape index (κ1) is 21.4. The second kappa shape index (κ2) is 9.13. The summed E-state index contributed by atoms with van der Waals surface area (Å²) in [4.78, 5) is 33.5. The highest BCUT2D eigenvalue weighted by Crippen LogP contribution is 2.31. The van der Waals surface area contributed by atoms with Gasteiger partial charge in [-0.2, -0.15) is 5.26 Å². The molecule has 2 aromatic carbocycles. The van der Waals surface area contributed by atoms with Gasteiger partial charge in [0.2, 0.25) is 5.91 Å². The van der Waals surface area contributed by atoms with Crippen molar-refractivity contribution >= 4 is 55.5 Å². The maximum absolute atomic E-state index is 12.9. The number of hydrogen-bond acceptors (Lipinski definition) is 8. The Morgan fingerprint density at radius 1 is 1.19 bits per heavy atom. The van der Waals surface area contributed by atoms with Gasteiger partial charge in [-0.25, -0.2) is 9.97 Å². The highest BCUT2D eigenvalue weighted by Gasteiger charge is 2.20. The average molecular weight is 464 g/mol. The topological polar surface area (TPSA) is 117 Å². The minimum Gasteiger partial charge on any atom is -0.496 e. The Hall–Kier alpha value is -3.81. The van der Waals surface area contributed by atoms with E-state index in [-0.39, 0.29) is 11.8 Å². The normalized spacial score (nSPS) is 11.5. The van der Waals surface area contributed by atoms with Crippen molar-refractivity contribution in [1.82, 2.24) is 9.97 Å². The minimum absolute atomic E-state index is 0.237. The first-order valence-electron chi connectivity index (χ1n) is 9.47. The van der Waals surface area contributed by atoms with E-state index >= 15 is 0 Å². The Balaban J connectivity index is 1.51. The quantitative estimate of drug-likeness (QED) is 0.431. The molecule has 2 N–H and O–H groups in total. The second-order valence-corrected chi connectivity index (χ2v) is 8.56. The Morgan fingerprint density at radius 2 is 2.03 bits per heavy atom. The minimum atomic E-state index is -0.539. The maximum atomic E-state index is 12.9. The number of nitrogens with one attached hydrogen (secondary N) is 2. The van der Waals surface area contributed by atoms with E-state index in [0.717, 1.165) is 4.70 Å². The number of hydrogen-bond donors (Lipinski definition) is 2. The van der Waals surface area contributed by atoms with Gasteiger partial charge in [0.1, 0.15) is 11.4 Å². The number of rotatable bonds is 6. The summed E-state index contributed by atoms with van der Waals surface area (Å²) >= 11 is 2.65. The fourth-order valence-electron chi connectivity index (χ4n) is 3.08. The van der Waals surface area contributed by atoms with Gasteiger partial charge in [-0.05, 0) is 43.3 Å². The number of fused-ring (bicyclic) bond motifs is 1. The molecule has 0 bridgehead atoms. The number of benzene rings is 2. The van der Waals surface area contributed by atoms with Crippen LogP contribution in [0.15, 0.2) is 47.3 Å². The molecular formula is C22H17N5O3S2. The molecule has 0 saturated heterocycles. The molecule has 0 aliphatic heterocycles. The molecule has 32 heavy (non-hydrogen) atoms. The lowest BCUT2D eigenvalue weighted by Gasteiger charge is -2.16. The average Bonchev–Trinajstić information content (AvgIpc) is 3.47. The predicted molar refractivity (Wildman–Crippen MR) is 124 cm³/mol. The monoisotopic (exact) mass is 463 g/mol. The van der Waals surface area contributed by atoms with Gasteiger partial charge >= 0.3 is 0 Å². The van der Waals surface area contributed by atoms with Gasteiger partial charge in [-0.1, -0.05) is 11.3 Å². The van der Waals surface area contributed by atoms with Crippen LogP contribution in [-0.2, 0) is 4.79 Å². The fourth-order valence-corrected chi connectivity index (χ4v) is 4.51. The lowest BCUT2D eigenvalue weighted by atomic mass is 9.97. The van der Waals surface area contributed by atoms with Crippen molar-refractivity contribution in [1.29, 1.82) is 5.26 Å². The lowest BCUT2D eigenvalue weighted by Crippen LogP contribution is -2.19. The van der Waals surface area contributed by atoms with E-state index in [1.807, 2.05) is 0 Å². The smallest absolute Gasteiger partial charge is 0.276 e. The number of carbonyl (C=O) groups excluding carboxylic acids is 2. The van der Waals surface area contributed by atoms with Crippen LogP contribution in [0.3, 0.4) is 0 Å². The molecule has 2 heterocycles. The molecule has 2 amide bonds. The van der Waals surface area contributed by atoms with Crippen LogP contribution in [0.25, 0.3) is 10.2 Å². The Morgan fingerprint density at radius 3 is 2.75 bits per heavy atom. The summed E-state index contributed by atoms with van der Waals surface area (Å²) in [7, 11) is 1.53. The van der Waals surface area contributed by atoms with E-state index in [4.69, 9.17) is 10.00 Å². The largest absolute Gasteiger partial charge is 0.496 e. The maximum Gasteiger partial charge on any atom is 0.276 e. The van der Waals surface area contributed by atoms with Crippen LogP contribution in [0.4, 0.5) is 10.8 Å². The van der Waals surface area contributed by atoms with Crippen molar-refractivity contribution in [3.63, 3.8) is 0 Å². The third-order valence-corrected chi connectivity index (χ3v) is 6.28. The molecule has 0 spiro atoms. The van der Waals surface area contributed by atoms with Gasteiger partial charge in [0.05, 0.1) is 40.4 Å².